The number of hydrogen-bond donors (Lipinski definition) is 0. The van der Waals surface area contributed by atoms with Gasteiger partial charge in [0, 0.05) is 12.0 Å². The van der Waals surface area contributed by atoms with Crippen molar-refractivity contribution in [2.75, 3.05) is 26.6 Å². The highest BCUT2D eigenvalue weighted by Crippen LogP contribution is 2.16. The number of benzene rings is 1. The molecule has 1 rings (SSSR count). The molecule has 0 aromatic heterocycles. The Kier molecular flexibility index (Phi) is 6.72. The Bertz CT molecular complexity index is 488. The van der Waals surface area contributed by atoms with Gasteiger partial charge in [0.05, 0.1) is 6.61 Å². The van der Waals surface area contributed by atoms with E-state index in [1.54, 1.807) is 11.8 Å². The van der Waals surface area contributed by atoms with Crippen LogP contribution in [0.3, 0.4) is 0 Å². The van der Waals surface area contributed by atoms with Gasteiger partial charge in [-0.1, -0.05) is 12.1 Å². The minimum atomic E-state index is -0.631. The van der Waals surface area contributed by atoms with E-state index >= 15 is 0 Å². The topological polar surface area (TPSA) is 59.3 Å². The second-order valence-electron chi connectivity index (χ2n) is 3.57. The van der Waals surface area contributed by atoms with Crippen molar-refractivity contribution in [3.63, 3.8) is 0 Å². The zero-order valence-electron chi connectivity index (χ0n) is 10.9. The van der Waals surface area contributed by atoms with Crippen LogP contribution in [0.1, 0.15) is 5.56 Å². The van der Waals surface area contributed by atoms with Crippen LogP contribution in [0.15, 0.2) is 34.7 Å². The molecule has 0 N–H and O–H groups in total. The summed E-state index contributed by atoms with van der Waals surface area (Å²) in [6.45, 7) is 0.451. The largest absolute Gasteiger partial charge is 0.459 e. The standard InChI is InChI=1S/C14H15NO3S/c1-17-7-8-18-14(16)12(10-15)9-11-3-5-13(19-2)6-4-11/h3-6,9H,7-8H2,1-2H3/b12-9+. The zero-order valence-corrected chi connectivity index (χ0v) is 11.7. The van der Waals surface area contributed by atoms with Gasteiger partial charge < -0.3 is 9.47 Å². The van der Waals surface area contributed by atoms with Gasteiger partial charge in [0.1, 0.15) is 18.2 Å². The number of nitriles is 1. The van der Waals surface area contributed by atoms with Crippen molar-refractivity contribution in [3.8, 4) is 6.07 Å². The summed E-state index contributed by atoms with van der Waals surface area (Å²) in [7, 11) is 1.52. The first kappa shape index (κ1) is 15.3. The molecule has 4 nitrogen and oxygen atoms in total. The van der Waals surface area contributed by atoms with Gasteiger partial charge in [0.2, 0.25) is 0 Å². The first-order valence-corrected chi connectivity index (χ1v) is 6.85. The van der Waals surface area contributed by atoms with E-state index in [9.17, 15) is 4.79 Å². The maximum Gasteiger partial charge on any atom is 0.348 e. The van der Waals surface area contributed by atoms with E-state index < -0.39 is 5.97 Å². The highest BCUT2D eigenvalue weighted by Gasteiger charge is 2.10. The van der Waals surface area contributed by atoms with Gasteiger partial charge >= 0.3 is 5.97 Å². The first-order valence-electron chi connectivity index (χ1n) is 5.63. The fourth-order valence-electron chi connectivity index (χ4n) is 1.30. The van der Waals surface area contributed by atoms with Gasteiger partial charge in [0.25, 0.3) is 0 Å². The van der Waals surface area contributed by atoms with Crippen molar-refractivity contribution in [2.24, 2.45) is 0 Å². The Balaban J connectivity index is 2.75. The summed E-state index contributed by atoms with van der Waals surface area (Å²) in [5.74, 6) is -0.631. The fourth-order valence-corrected chi connectivity index (χ4v) is 1.71. The van der Waals surface area contributed by atoms with Crippen LogP contribution in [0.4, 0.5) is 0 Å². The molecule has 0 heterocycles. The van der Waals surface area contributed by atoms with Gasteiger partial charge in [-0.05, 0) is 30.0 Å². The number of ether oxygens (including phenoxy) is 2. The molecule has 0 unspecified atom stereocenters. The summed E-state index contributed by atoms with van der Waals surface area (Å²) in [6, 6.07) is 9.42. The molecule has 0 fully saturated rings. The zero-order chi connectivity index (χ0) is 14.1. The first-order chi connectivity index (χ1) is 9.21. The van der Waals surface area contributed by atoms with E-state index in [4.69, 9.17) is 14.7 Å². The third-order valence-corrected chi connectivity index (χ3v) is 3.03. The maximum absolute atomic E-state index is 11.6. The number of methoxy groups -OCH3 is 1. The lowest BCUT2D eigenvalue weighted by Gasteiger charge is -2.03. The van der Waals surface area contributed by atoms with Crippen LogP contribution in [0.2, 0.25) is 0 Å². The number of thioether (sulfide) groups is 1. The van der Waals surface area contributed by atoms with E-state index in [-0.39, 0.29) is 12.2 Å². The fraction of sp³-hybridized carbons (Fsp3) is 0.286. The van der Waals surface area contributed by atoms with Crippen molar-refractivity contribution < 1.29 is 14.3 Å². The van der Waals surface area contributed by atoms with Crippen molar-refractivity contribution in [3.05, 3.63) is 35.4 Å². The molecular weight excluding hydrogens is 262 g/mol. The second kappa shape index (κ2) is 8.35. The molecule has 0 bridgehead atoms. The van der Waals surface area contributed by atoms with E-state index in [0.29, 0.717) is 6.61 Å². The highest BCUT2D eigenvalue weighted by molar-refractivity contribution is 7.98. The lowest BCUT2D eigenvalue weighted by Crippen LogP contribution is -2.11. The molecule has 0 atom stereocenters. The molecule has 0 aliphatic rings. The smallest absolute Gasteiger partial charge is 0.348 e. The molecule has 5 heteroatoms. The summed E-state index contributed by atoms with van der Waals surface area (Å²) in [5.41, 5.74) is 0.769. The predicted molar refractivity (Wildman–Crippen MR) is 74.6 cm³/mol. The lowest BCUT2D eigenvalue weighted by molar-refractivity contribution is -0.139. The normalized spacial score (nSPS) is 10.9. The van der Waals surface area contributed by atoms with Crippen molar-refractivity contribution >= 4 is 23.8 Å². The molecule has 1 aromatic carbocycles. The molecule has 19 heavy (non-hydrogen) atoms. The molecule has 1 aromatic rings. The number of nitrogens with zero attached hydrogens (tertiary/aromatic N) is 1. The summed E-state index contributed by atoms with van der Waals surface area (Å²) >= 11 is 1.63. The van der Waals surface area contributed by atoms with Gasteiger partial charge in [0.15, 0.2) is 0 Å². The van der Waals surface area contributed by atoms with Crippen LogP contribution in [0.25, 0.3) is 6.08 Å². The number of carbonyl (C=O) groups excluding carboxylic acids is 1. The van der Waals surface area contributed by atoms with E-state index in [0.717, 1.165) is 10.5 Å². The summed E-state index contributed by atoms with van der Waals surface area (Å²) in [5, 5.41) is 8.96. The van der Waals surface area contributed by atoms with E-state index in [2.05, 4.69) is 0 Å². The number of esters is 1. The lowest BCUT2D eigenvalue weighted by atomic mass is 10.1. The second-order valence-corrected chi connectivity index (χ2v) is 4.45. The quantitative estimate of drug-likeness (QED) is 0.263. The Morgan fingerprint density at radius 1 is 1.37 bits per heavy atom. The molecule has 0 radical (unpaired) electrons. The number of hydrogen-bond acceptors (Lipinski definition) is 5. The van der Waals surface area contributed by atoms with Gasteiger partial charge in [-0.15, -0.1) is 11.8 Å². The highest BCUT2D eigenvalue weighted by atomic mass is 32.2. The van der Waals surface area contributed by atoms with Gasteiger partial charge in [-0.2, -0.15) is 5.26 Å². The van der Waals surface area contributed by atoms with Gasteiger partial charge in [-0.25, -0.2) is 4.79 Å². The average Bonchev–Trinajstić information content (AvgIpc) is 2.45. The van der Waals surface area contributed by atoms with Crippen LogP contribution in [0.5, 0.6) is 0 Å². The van der Waals surface area contributed by atoms with Gasteiger partial charge in [-0.3, -0.25) is 0 Å². The van der Waals surface area contributed by atoms with Crippen molar-refractivity contribution in [1.29, 1.82) is 5.26 Å². The average molecular weight is 277 g/mol. The monoisotopic (exact) mass is 277 g/mol. The number of carbonyl (C=O) groups is 1. The molecule has 100 valence electrons. The summed E-state index contributed by atoms with van der Waals surface area (Å²) in [4.78, 5) is 12.7. The molecule has 0 amide bonds. The number of rotatable bonds is 6. The Morgan fingerprint density at radius 2 is 2.05 bits per heavy atom. The summed E-state index contributed by atoms with van der Waals surface area (Å²) < 4.78 is 9.66. The molecule has 0 saturated heterocycles. The van der Waals surface area contributed by atoms with E-state index in [1.165, 1.54) is 13.2 Å². The molecule has 0 aliphatic heterocycles. The predicted octanol–water partition coefficient (Wildman–Crippen LogP) is 2.51. The van der Waals surface area contributed by atoms with Crippen LogP contribution >= 0.6 is 11.8 Å². The Labute approximate surface area is 117 Å². The van der Waals surface area contributed by atoms with Crippen LogP contribution in [0, 0.1) is 11.3 Å². The molecular formula is C14H15NO3S. The molecule has 0 saturated carbocycles. The SMILES string of the molecule is COCCOC(=O)/C(C#N)=C/c1ccc(SC)cc1. The summed E-state index contributed by atoms with van der Waals surface area (Å²) in [6.07, 6.45) is 3.50. The minimum absolute atomic E-state index is 0.0204. The maximum atomic E-state index is 11.6. The van der Waals surface area contributed by atoms with Crippen molar-refractivity contribution in [2.45, 2.75) is 4.90 Å². The third-order valence-electron chi connectivity index (χ3n) is 2.29. The minimum Gasteiger partial charge on any atom is -0.459 e. The molecule has 0 aliphatic carbocycles. The third kappa shape index (κ3) is 5.16. The van der Waals surface area contributed by atoms with Crippen LogP contribution < -0.4 is 0 Å². The Hall–Kier alpha value is -1.77. The van der Waals surface area contributed by atoms with Crippen LogP contribution in [-0.2, 0) is 14.3 Å². The van der Waals surface area contributed by atoms with Crippen molar-refractivity contribution in [1.82, 2.24) is 0 Å². The van der Waals surface area contributed by atoms with Crippen LogP contribution in [-0.4, -0.2) is 32.5 Å². The van der Waals surface area contributed by atoms with E-state index in [1.807, 2.05) is 36.6 Å². The molecule has 0 spiro atoms. The Morgan fingerprint density at radius 3 is 2.58 bits per heavy atom.